The van der Waals surface area contributed by atoms with Crippen molar-refractivity contribution < 1.29 is 18.0 Å². The molecule has 3 aromatic carbocycles. The first kappa shape index (κ1) is 29.6. The molecule has 212 valence electrons. The molecule has 0 saturated heterocycles. The molecule has 9 heteroatoms. The molecule has 0 aliphatic heterocycles. The van der Waals surface area contributed by atoms with Crippen LogP contribution in [-0.2, 0) is 26.0 Å². The van der Waals surface area contributed by atoms with E-state index in [1.165, 1.54) is 29.2 Å². The summed E-state index contributed by atoms with van der Waals surface area (Å²) in [5.41, 5.74) is 2.34. The predicted octanol–water partition coefficient (Wildman–Crippen LogP) is 5.36. The van der Waals surface area contributed by atoms with Crippen LogP contribution in [0.15, 0.2) is 83.8 Å². The first-order valence-corrected chi connectivity index (χ1v) is 15.5. The molecule has 40 heavy (non-hydrogen) atoms. The van der Waals surface area contributed by atoms with E-state index < -0.39 is 28.5 Å². The predicted molar refractivity (Wildman–Crippen MR) is 159 cm³/mol. The van der Waals surface area contributed by atoms with E-state index in [1.54, 1.807) is 31.2 Å². The number of amides is 2. The minimum atomic E-state index is -4.12. The Morgan fingerprint density at radius 1 is 0.950 bits per heavy atom. The van der Waals surface area contributed by atoms with Crippen LogP contribution >= 0.6 is 11.6 Å². The molecule has 3 aromatic rings. The van der Waals surface area contributed by atoms with Gasteiger partial charge < -0.3 is 10.2 Å². The summed E-state index contributed by atoms with van der Waals surface area (Å²) in [7, 11) is -4.12. The van der Waals surface area contributed by atoms with Crippen molar-refractivity contribution in [3.8, 4) is 0 Å². The second kappa shape index (κ2) is 13.3. The van der Waals surface area contributed by atoms with Crippen LogP contribution in [0.1, 0.15) is 43.7 Å². The van der Waals surface area contributed by atoms with E-state index in [4.69, 9.17) is 11.6 Å². The monoisotopic (exact) mass is 581 g/mol. The van der Waals surface area contributed by atoms with Gasteiger partial charge in [0.15, 0.2) is 0 Å². The molecule has 1 saturated carbocycles. The largest absolute Gasteiger partial charge is 0.352 e. The first-order valence-electron chi connectivity index (χ1n) is 13.6. The van der Waals surface area contributed by atoms with Gasteiger partial charge in [0.2, 0.25) is 11.8 Å². The number of benzene rings is 3. The summed E-state index contributed by atoms with van der Waals surface area (Å²) in [4.78, 5) is 28.7. The molecule has 2 amide bonds. The normalized spacial score (nSPS) is 14.5. The second-order valence-electron chi connectivity index (χ2n) is 10.3. The number of rotatable bonds is 11. The van der Waals surface area contributed by atoms with Crippen molar-refractivity contribution in [2.75, 3.05) is 17.4 Å². The SMILES string of the molecule is Cc1ccc(N(CC(=O)N(CCc2ccccc2)C(C)C(=O)NC2CCCC2)S(=O)(=O)c2ccc(Cl)cc2)cc1. The van der Waals surface area contributed by atoms with E-state index in [-0.39, 0.29) is 23.4 Å². The highest BCUT2D eigenvalue weighted by atomic mass is 35.5. The van der Waals surface area contributed by atoms with Crippen LogP contribution in [0.3, 0.4) is 0 Å². The van der Waals surface area contributed by atoms with Crippen LogP contribution in [0.4, 0.5) is 5.69 Å². The quantitative estimate of drug-likeness (QED) is 0.330. The lowest BCUT2D eigenvalue weighted by atomic mass is 10.1. The zero-order valence-electron chi connectivity index (χ0n) is 22.9. The molecule has 1 aliphatic rings. The summed E-state index contributed by atoms with van der Waals surface area (Å²) < 4.78 is 28.8. The van der Waals surface area contributed by atoms with Crippen molar-refractivity contribution in [1.29, 1.82) is 0 Å². The van der Waals surface area contributed by atoms with Gasteiger partial charge in [-0.25, -0.2) is 8.42 Å². The molecule has 0 aromatic heterocycles. The highest BCUT2D eigenvalue weighted by molar-refractivity contribution is 7.92. The van der Waals surface area contributed by atoms with E-state index >= 15 is 0 Å². The second-order valence-corrected chi connectivity index (χ2v) is 12.6. The zero-order chi connectivity index (χ0) is 28.7. The smallest absolute Gasteiger partial charge is 0.264 e. The van der Waals surface area contributed by atoms with E-state index in [1.807, 2.05) is 37.3 Å². The van der Waals surface area contributed by atoms with Gasteiger partial charge in [-0.05, 0) is 75.1 Å². The Hall–Kier alpha value is -3.36. The molecule has 1 aliphatic carbocycles. The van der Waals surface area contributed by atoms with Gasteiger partial charge in [-0.1, -0.05) is 72.5 Å². The minimum absolute atomic E-state index is 0.0214. The number of nitrogens with one attached hydrogen (secondary N) is 1. The van der Waals surface area contributed by atoms with Crippen molar-refractivity contribution in [1.82, 2.24) is 10.2 Å². The van der Waals surface area contributed by atoms with Crippen molar-refractivity contribution in [3.63, 3.8) is 0 Å². The minimum Gasteiger partial charge on any atom is -0.352 e. The molecule has 0 radical (unpaired) electrons. The Morgan fingerprint density at radius 3 is 2.20 bits per heavy atom. The molecule has 7 nitrogen and oxygen atoms in total. The molecule has 1 fully saturated rings. The highest BCUT2D eigenvalue weighted by Crippen LogP contribution is 2.26. The fourth-order valence-electron chi connectivity index (χ4n) is 4.94. The average molecular weight is 582 g/mol. The van der Waals surface area contributed by atoms with Gasteiger partial charge in [-0.3, -0.25) is 13.9 Å². The topological polar surface area (TPSA) is 86.8 Å². The Labute approximate surface area is 242 Å². The first-order chi connectivity index (χ1) is 19.1. The maximum Gasteiger partial charge on any atom is 0.264 e. The number of halogens is 1. The van der Waals surface area contributed by atoms with E-state index in [2.05, 4.69) is 5.32 Å². The summed E-state index contributed by atoms with van der Waals surface area (Å²) >= 11 is 6.01. The van der Waals surface area contributed by atoms with Crippen LogP contribution in [-0.4, -0.2) is 50.3 Å². The molecule has 1 unspecified atom stereocenters. The molecular weight excluding hydrogens is 546 g/mol. The van der Waals surface area contributed by atoms with Gasteiger partial charge in [0, 0.05) is 17.6 Å². The number of nitrogens with zero attached hydrogens (tertiary/aromatic N) is 2. The molecule has 0 heterocycles. The lowest BCUT2D eigenvalue weighted by Crippen LogP contribution is -2.53. The van der Waals surface area contributed by atoms with E-state index in [0.29, 0.717) is 17.1 Å². The highest BCUT2D eigenvalue weighted by Gasteiger charge is 2.33. The number of carbonyl (C=O) groups excluding carboxylic acids is 2. The maximum atomic E-state index is 13.9. The third kappa shape index (κ3) is 7.43. The number of hydrogen-bond donors (Lipinski definition) is 1. The zero-order valence-corrected chi connectivity index (χ0v) is 24.5. The summed E-state index contributed by atoms with van der Waals surface area (Å²) in [6, 6.07) is 21.9. The molecule has 0 spiro atoms. The fourth-order valence-corrected chi connectivity index (χ4v) is 6.48. The molecule has 0 bridgehead atoms. The third-order valence-corrected chi connectivity index (χ3v) is 9.40. The van der Waals surface area contributed by atoms with Crippen LogP contribution in [0.5, 0.6) is 0 Å². The molecule has 4 rings (SSSR count). The Balaban J connectivity index is 1.63. The van der Waals surface area contributed by atoms with Gasteiger partial charge in [0.05, 0.1) is 10.6 Å². The van der Waals surface area contributed by atoms with Crippen LogP contribution < -0.4 is 9.62 Å². The van der Waals surface area contributed by atoms with Crippen molar-refractivity contribution >= 4 is 39.1 Å². The summed E-state index contributed by atoms with van der Waals surface area (Å²) in [6.07, 6.45) is 4.53. The lowest BCUT2D eigenvalue weighted by molar-refractivity contribution is -0.139. The molecule has 1 N–H and O–H groups in total. The fraction of sp³-hybridized carbons (Fsp3) is 0.355. The molecular formula is C31H36ClN3O4S. The van der Waals surface area contributed by atoms with Crippen LogP contribution in [0.25, 0.3) is 0 Å². The summed E-state index contributed by atoms with van der Waals surface area (Å²) in [6.45, 7) is 3.43. The maximum absolute atomic E-state index is 13.9. The van der Waals surface area contributed by atoms with Gasteiger partial charge in [0.25, 0.3) is 10.0 Å². The van der Waals surface area contributed by atoms with Gasteiger partial charge >= 0.3 is 0 Å². The van der Waals surface area contributed by atoms with E-state index in [0.717, 1.165) is 41.1 Å². The number of aryl methyl sites for hydroxylation is 1. The van der Waals surface area contributed by atoms with Crippen LogP contribution in [0, 0.1) is 6.92 Å². The van der Waals surface area contributed by atoms with E-state index in [9.17, 15) is 18.0 Å². The van der Waals surface area contributed by atoms with Crippen molar-refractivity contribution in [3.05, 3.63) is 95.0 Å². The Morgan fingerprint density at radius 2 is 1.57 bits per heavy atom. The third-order valence-electron chi connectivity index (χ3n) is 7.36. The van der Waals surface area contributed by atoms with Crippen molar-refractivity contribution in [2.24, 2.45) is 0 Å². The van der Waals surface area contributed by atoms with Crippen LogP contribution in [0.2, 0.25) is 5.02 Å². The molecule has 1 atom stereocenters. The number of sulfonamides is 1. The average Bonchev–Trinajstić information content (AvgIpc) is 3.46. The number of hydrogen-bond acceptors (Lipinski definition) is 4. The lowest BCUT2D eigenvalue weighted by Gasteiger charge is -2.32. The standard InChI is InChI=1S/C31H36ClN3O4S/c1-23-12-16-28(17-13-23)35(40(38,39)29-18-14-26(32)15-19-29)22-30(36)34(21-20-25-8-4-3-5-9-25)24(2)31(37)33-27-10-6-7-11-27/h3-5,8-9,12-19,24,27H,6-7,10-11,20-22H2,1-2H3,(H,33,37). The van der Waals surface area contributed by atoms with Gasteiger partial charge in [-0.2, -0.15) is 0 Å². The Kier molecular flexibility index (Phi) is 9.87. The van der Waals surface area contributed by atoms with Gasteiger partial charge in [0.1, 0.15) is 12.6 Å². The summed E-state index contributed by atoms with van der Waals surface area (Å²) in [5.74, 6) is -0.682. The van der Waals surface area contributed by atoms with Gasteiger partial charge in [-0.15, -0.1) is 0 Å². The number of carbonyl (C=O) groups is 2. The Bertz CT molecular complexity index is 1390. The van der Waals surface area contributed by atoms with Crippen molar-refractivity contribution in [2.45, 2.75) is 62.9 Å². The summed E-state index contributed by atoms with van der Waals surface area (Å²) in [5, 5.41) is 3.50. The number of anilines is 1.